The van der Waals surface area contributed by atoms with Crippen molar-refractivity contribution in [3.63, 3.8) is 0 Å². The SMILES string of the molecule is COc1c(CCCCN)cccc1OC1CCCN(C)C1. The smallest absolute Gasteiger partial charge is 0.163 e. The number of unbranched alkanes of at least 4 members (excludes halogenated alkanes) is 1. The highest BCUT2D eigenvalue weighted by atomic mass is 16.5. The first-order chi connectivity index (χ1) is 10.2. The van der Waals surface area contributed by atoms with Gasteiger partial charge in [-0.3, -0.25) is 0 Å². The summed E-state index contributed by atoms with van der Waals surface area (Å²) in [7, 11) is 3.87. The Kier molecular flexibility index (Phi) is 6.33. The highest BCUT2D eigenvalue weighted by Gasteiger charge is 2.20. The zero-order chi connectivity index (χ0) is 15.1. The van der Waals surface area contributed by atoms with Gasteiger partial charge in [0.25, 0.3) is 0 Å². The Morgan fingerprint density at radius 2 is 2.19 bits per heavy atom. The van der Waals surface area contributed by atoms with Crippen LogP contribution >= 0.6 is 0 Å². The van der Waals surface area contributed by atoms with Gasteiger partial charge in [-0.05, 0) is 63.9 Å². The molecule has 118 valence electrons. The summed E-state index contributed by atoms with van der Waals surface area (Å²) in [6.45, 7) is 2.89. The van der Waals surface area contributed by atoms with Crippen LogP contribution in [0.2, 0.25) is 0 Å². The summed E-state index contributed by atoms with van der Waals surface area (Å²) in [5.74, 6) is 1.77. The van der Waals surface area contributed by atoms with Crippen molar-refractivity contribution in [3.8, 4) is 11.5 Å². The quantitative estimate of drug-likeness (QED) is 0.784. The Bertz CT molecular complexity index is 437. The number of aryl methyl sites for hydroxylation is 1. The van der Waals surface area contributed by atoms with Crippen LogP contribution in [0.3, 0.4) is 0 Å². The molecule has 0 bridgehead atoms. The normalized spacial score (nSPS) is 19.5. The van der Waals surface area contributed by atoms with Crippen LogP contribution in [-0.4, -0.2) is 44.8 Å². The minimum Gasteiger partial charge on any atom is -0.493 e. The van der Waals surface area contributed by atoms with Crippen molar-refractivity contribution >= 4 is 0 Å². The molecule has 0 saturated carbocycles. The van der Waals surface area contributed by atoms with E-state index in [2.05, 4.69) is 24.1 Å². The molecule has 2 N–H and O–H groups in total. The Balaban J connectivity index is 2.05. The van der Waals surface area contributed by atoms with Crippen molar-refractivity contribution < 1.29 is 9.47 Å². The molecule has 1 aromatic rings. The molecule has 0 amide bonds. The van der Waals surface area contributed by atoms with Crippen molar-refractivity contribution in [2.45, 2.75) is 38.2 Å². The number of likely N-dealkylation sites (N-methyl/N-ethyl adjacent to an activating group) is 1. The fourth-order valence-corrected chi connectivity index (χ4v) is 2.94. The zero-order valence-electron chi connectivity index (χ0n) is 13.3. The van der Waals surface area contributed by atoms with Crippen LogP contribution in [0, 0.1) is 0 Å². The van der Waals surface area contributed by atoms with Gasteiger partial charge in [-0.2, -0.15) is 0 Å². The molecule has 1 heterocycles. The van der Waals surface area contributed by atoms with E-state index in [9.17, 15) is 0 Å². The van der Waals surface area contributed by atoms with Gasteiger partial charge in [0.05, 0.1) is 7.11 Å². The van der Waals surface area contributed by atoms with E-state index in [0.717, 1.165) is 56.8 Å². The van der Waals surface area contributed by atoms with E-state index in [1.165, 1.54) is 12.0 Å². The van der Waals surface area contributed by atoms with Crippen LogP contribution in [0.4, 0.5) is 0 Å². The molecule has 2 rings (SSSR count). The number of hydrogen-bond acceptors (Lipinski definition) is 4. The second-order valence-electron chi connectivity index (χ2n) is 5.84. The molecular formula is C17H28N2O2. The summed E-state index contributed by atoms with van der Waals surface area (Å²) in [6, 6.07) is 6.19. The maximum Gasteiger partial charge on any atom is 0.163 e. The van der Waals surface area contributed by atoms with Crippen LogP contribution < -0.4 is 15.2 Å². The van der Waals surface area contributed by atoms with Gasteiger partial charge in [0.1, 0.15) is 6.10 Å². The number of hydrogen-bond donors (Lipinski definition) is 1. The van der Waals surface area contributed by atoms with Crippen molar-refractivity contribution in [1.82, 2.24) is 4.90 Å². The molecule has 1 saturated heterocycles. The van der Waals surface area contributed by atoms with E-state index in [1.807, 2.05) is 6.07 Å². The first-order valence-corrected chi connectivity index (χ1v) is 7.95. The van der Waals surface area contributed by atoms with Crippen molar-refractivity contribution in [2.24, 2.45) is 5.73 Å². The first-order valence-electron chi connectivity index (χ1n) is 7.95. The Labute approximate surface area is 128 Å². The standard InChI is InChI=1S/C17H28N2O2/c1-19-12-6-9-15(13-19)21-16-10-5-8-14(17(16)20-2)7-3-4-11-18/h5,8,10,15H,3-4,6-7,9,11-13,18H2,1-2H3. The predicted octanol–water partition coefficient (Wildman–Crippen LogP) is 2.45. The van der Waals surface area contributed by atoms with E-state index in [0.29, 0.717) is 0 Å². The summed E-state index contributed by atoms with van der Waals surface area (Å²) in [5.41, 5.74) is 6.78. The van der Waals surface area contributed by atoms with Gasteiger partial charge in [0.15, 0.2) is 11.5 Å². The lowest BCUT2D eigenvalue weighted by molar-refractivity contribution is 0.101. The maximum absolute atomic E-state index is 6.20. The minimum atomic E-state index is 0.261. The van der Waals surface area contributed by atoms with Gasteiger partial charge >= 0.3 is 0 Å². The third-order valence-electron chi connectivity index (χ3n) is 4.04. The van der Waals surface area contributed by atoms with Crippen LogP contribution in [0.25, 0.3) is 0 Å². The van der Waals surface area contributed by atoms with Crippen molar-refractivity contribution in [1.29, 1.82) is 0 Å². The van der Waals surface area contributed by atoms with Gasteiger partial charge in [-0.15, -0.1) is 0 Å². The number of benzene rings is 1. The monoisotopic (exact) mass is 292 g/mol. The molecule has 0 radical (unpaired) electrons. The van der Waals surface area contributed by atoms with Gasteiger partial charge in [0, 0.05) is 6.54 Å². The van der Waals surface area contributed by atoms with Gasteiger partial charge in [0.2, 0.25) is 0 Å². The molecule has 0 aromatic heterocycles. The number of rotatable bonds is 7. The Morgan fingerprint density at radius 1 is 1.33 bits per heavy atom. The highest BCUT2D eigenvalue weighted by molar-refractivity contribution is 5.46. The number of ether oxygens (including phenoxy) is 2. The second kappa shape index (κ2) is 8.25. The zero-order valence-corrected chi connectivity index (χ0v) is 13.3. The third kappa shape index (κ3) is 4.61. The second-order valence-corrected chi connectivity index (χ2v) is 5.84. The fourth-order valence-electron chi connectivity index (χ4n) is 2.94. The fraction of sp³-hybridized carbons (Fsp3) is 0.647. The molecule has 0 spiro atoms. The number of nitrogens with zero attached hydrogens (tertiary/aromatic N) is 1. The van der Waals surface area contributed by atoms with E-state index in [1.54, 1.807) is 7.11 Å². The third-order valence-corrected chi connectivity index (χ3v) is 4.04. The number of likely N-dealkylation sites (tertiary alicyclic amines) is 1. The lowest BCUT2D eigenvalue weighted by Crippen LogP contribution is -2.38. The molecule has 1 aliphatic rings. The van der Waals surface area contributed by atoms with Gasteiger partial charge in [-0.25, -0.2) is 0 Å². The number of nitrogens with two attached hydrogens (primary N) is 1. The summed E-state index contributed by atoms with van der Waals surface area (Å²) in [4.78, 5) is 2.33. The van der Waals surface area contributed by atoms with Gasteiger partial charge in [-0.1, -0.05) is 12.1 Å². The average Bonchev–Trinajstić information content (AvgIpc) is 2.48. The van der Waals surface area contributed by atoms with E-state index in [-0.39, 0.29) is 6.10 Å². The maximum atomic E-state index is 6.20. The summed E-state index contributed by atoms with van der Waals surface area (Å²) < 4.78 is 11.8. The molecular weight excluding hydrogens is 264 g/mol. The largest absolute Gasteiger partial charge is 0.493 e. The molecule has 21 heavy (non-hydrogen) atoms. The van der Waals surface area contributed by atoms with Crippen LogP contribution in [-0.2, 0) is 6.42 Å². The predicted molar refractivity (Wildman–Crippen MR) is 86.1 cm³/mol. The lowest BCUT2D eigenvalue weighted by Gasteiger charge is -2.30. The Hall–Kier alpha value is -1.26. The molecule has 1 fully saturated rings. The first kappa shape index (κ1) is 16.1. The molecule has 1 atom stereocenters. The average molecular weight is 292 g/mol. The summed E-state index contributed by atoms with van der Waals surface area (Å²) in [5, 5.41) is 0. The van der Waals surface area contributed by atoms with Crippen LogP contribution in [0.5, 0.6) is 11.5 Å². The molecule has 4 heteroatoms. The van der Waals surface area contributed by atoms with E-state index >= 15 is 0 Å². The van der Waals surface area contributed by atoms with Crippen molar-refractivity contribution in [2.75, 3.05) is 33.8 Å². The summed E-state index contributed by atoms with van der Waals surface area (Å²) in [6.07, 6.45) is 5.69. The Morgan fingerprint density at radius 3 is 2.90 bits per heavy atom. The molecule has 1 aromatic carbocycles. The van der Waals surface area contributed by atoms with Gasteiger partial charge < -0.3 is 20.1 Å². The summed E-state index contributed by atoms with van der Waals surface area (Å²) >= 11 is 0. The number of para-hydroxylation sites is 1. The lowest BCUT2D eigenvalue weighted by atomic mass is 10.1. The van der Waals surface area contributed by atoms with E-state index in [4.69, 9.17) is 15.2 Å². The number of methoxy groups -OCH3 is 1. The number of piperidine rings is 1. The molecule has 4 nitrogen and oxygen atoms in total. The minimum absolute atomic E-state index is 0.261. The van der Waals surface area contributed by atoms with Crippen molar-refractivity contribution in [3.05, 3.63) is 23.8 Å². The topological polar surface area (TPSA) is 47.7 Å². The molecule has 1 unspecified atom stereocenters. The van der Waals surface area contributed by atoms with E-state index < -0.39 is 0 Å². The molecule has 0 aliphatic carbocycles. The van der Waals surface area contributed by atoms with Crippen LogP contribution in [0.15, 0.2) is 18.2 Å². The molecule has 1 aliphatic heterocycles. The van der Waals surface area contributed by atoms with Crippen LogP contribution in [0.1, 0.15) is 31.2 Å². The highest BCUT2D eigenvalue weighted by Crippen LogP contribution is 2.33.